The van der Waals surface area contributed by atoms with Gasteiger partial charge in [0.05, 0.1) is 11.3 Å². The predicted octanol–water partition coefficient (Wildman–Crippen LogP) is 2.08. The highest BCUT2D eigenvalue weighted by molar-refractivity contribution is 5.64. The number of benzene rings is 1. The first-order valence-corrected chi connectivity index (χ1v) is 4.57. The number of nitrogens with zero attached hydrogens (tertiary/aromatic N) is 2. The van der Waals surface area contributed by atoms with Gasteiger partial charge in [0.2, 0.25) is 0 Å². The maximum absolute atomic E-state index is 8.93. The van der Waals surface area contributed by atoms with Gasteiger partial charge in [-0.2, -0.15) is 5.26 Å². The lowest BCUT2D eigenvalue weighted by molar-refractivity contribution is 0.615. The predicted molar refractivity (Wildman–Crippen MR) is 52.7 cm³/mol. The summed E-state index contributed by atoms with van der Waals surface area (Å²) in [5.41, 5.74) is 3.15. The van der Waals surface area contributed by atoms with Crippen molar-refractivity contribution >= 4 is 5.69 Å². The van der Waals surface area contributed by atoms with Crippen LogP contribution in [-0.4, -0.2) is 13.1 Å². The van der Waals surface area contributed by atoms with Crippen molar-refractivity contribution in [1.82, 2.24) is 0 Å². The number of hydrogen-bond donors (Lipinski definition) is 0. The fourth-order valence-electron chi connectivity index (χ4n) is 1.71. The van der Waals surface area contributed by atoms with Gasteiger partial charge in [-0.1, -0.05) is 12.1 Å². The van der Waals surface area contributed by atoms with E-state index < -0.39 is 0 Å². The van der Waals surface area contributed by atoms with Gasteiger partial charge in [0.15, 0.2) is 0 Å². The zero-order valence-corrected chi connectivity index (χ0v) is 7.75. The van der Waals surface area contributed by atoms with E-state index in [1.165, 1.54) is 12.0 Å². The number of aryl methyl sites for hydroxylation is 1. The van der Waals surface area contributed by atoms with Gasteiger partial charge in [-0.15, -0.1) is 0 Å². The molecule has 1 saturated heterocycles. The van der Waals surface area contributed by atoms with Crippen molar-refractivity contribution in [2.24, 2.45) is 0 Å². The lowest BCUT2D eigenvalue weighted by Crippen LogP contribution is -2.38. The van der Waals surface area contributed by atoms with Gasteiger partial charge in [0, 0.05) is 13.1 Å². The summed E-state index contributed by atoms with van der Waals surface area (Å²) in [6.45, 7) is 4.26. The smallest absolute Gasteiger partial charge is 0.101 e. The molecule has 0 bridgehead atoms. The Morgan fingerprint density at radius 3 is 2.69 bits per heavy atom. The largest absolute Gasteiger partial charge is 0.370 e. The van der Waals surface area contributed by atoms with Crippen molar-refractivity contribution in [3.63, 3.8) is 0 Å². The van der Waals surface area contributed by atoms with Crippen LogP contribution < -0.4 is 4.90 Å². The molecule has 0 spiro atoms. The molecule has 2 heteroatoms. The molecule has 2 nitrogen and oxygen atoms in total. The molecule has 0 aliphatic carbocycles. The van der Waals surface area contributed by atoms with E-state index in [1.54, 1.807) is 0 Å². The van der Waals surface area contributed by atoms with Crippen LogP contribution in [0.3, 0.4) is 0 Å². The van der Waals surface area contributed by atoms with E-state index in [-0.39, 0.29) is 0 Å². The van der Waals surface area contributed by atoms with Crippen molar-refractivity contribution < 1.29 is 0 Å². The van der Waals surface area contributed by atoms with E-state index in [0.717, 1.165) is 24.3 Å². The third-order valence-corrected chi connectivity index (χ3v) is 2.53. The van der Waals surface area contributed by atoms with Crippen LogP contribution in [0.25, 0.3) is 0 Å². The van der Waals surface area contributed by atoms with Crippen LogP contribution in [0.5, 0.6) is 0 Å². The molecule has 1 aliphatic heterocycles. The molecule has 0 radical (unpaired) electrons. The number of rotatable bonds is 1. The minimum atomic E-state index is 0.805. The summed E-state index contributed by atoms with van der Waals surface area (Å²) in [4.78, 5) is 2.27. The van der Waals surface area contributed by atoms with Gasteiger partial charge in [-0.25, -0.2) is 0 Å². The van der Waals surface area contributed by atoms with Crippen LogP contribution in [0.2, 0.25) is 0 Å². The molecule has 1 aliphatic rings. The van der Waals surface area contributed by atoms with Crippen molar-refractivity contribution in [3.05, 3.63) is 29.3 Å². The van der Waals surface area contributed by atoms with Crippen LogP contribution in [0.15, 0.2) is 18.2 Å². The van der Waals surface area contributed by atoms with Gasteiger partial charge >= 0.3 is 0 Å². The quantitative estimate of drug-likeness (QED) is 0.648. The second-order valence-electron chi connectivity index (χ2n) is 3.42. The molecule has 0 atom stereocenters. The molecule has 0 saturated carbocycles. The first kappa shape index (κ1) is 8.12. The summed E-state index contributed by atoms with van der Waals surface area (Å²) in [6, 6.07) is 8.14. The highest BCUT2D eigenvalue weighted by Gasteiger charge is 2.18. The van der Waals surface area contributed by atoms with E-state index in [0.29, 0.717) is 0 Å². The molecule has 0 unspecified atom stereocenters. The van der Waals surface area contributed by atoms with E-state index in [4.69, 9.17) is 5.26 Å². The molecule has 13 heavy (non-hydrogen) atoms. The molecule has 0 N–H and O–H groups in total. The Morgan fingerprint density at radius 1 is 1.38 bits per heavy atom. The lowest BCUT2D eigenvalue weighted by Gasteiger charge is -2.34. The zero-order chi connectivity index (χ0) is 9.26. The minimum Gasteiger partial charge on any atom is -0.370 e. The molecule has 1 fully saturated rings. The first-order valence-electron chi connectivity index (χ1n) is 4.57. The third-order valence-electron chi connectivity index (χ3n) is 2.53. The van der Waals surface area contributed by atoms with Gasteiger partial charge in [-0.05, 0) is 25.0 Å². The number of anilines is 1. The van der Waals surface area contributed by atoms with Crippen LogP contribution in [-0.2, 0) is 0 Å². The Kier molecular flexibility index (Phi) is 1.94. The summed E-state index contributed by atoms with van der Waals surface area (Å²) < 4.78 is 0. The molecular weight excluding hydrogens is 160 g/mol. The summed E-state index contributed by atoms with van der Waals surface area (Å²) in [5.74, 6) is 0. The molecule has 66 valence electrons. The van der Waals surface area contributed by atoms with Crippen LogP contribution >= 0.6 is 0 Å². The zero-order valence-electron chi connectivity index (χ0n) is 7.75. The Morgan fingerprint density at radius 2 is 2.15 bits per heavy atom. The van der Waals surface area contributed by atoms with E-state index >= 15 is 0 Å². The minimum absolute atomic E-state index is 0.805. The fraction of sp³-hybridized carbons (Fsp3) is 0.364. The topological polar surface area (TPSA) is 27.0 Å². The Labute approximate surface area is 78.4 Å². The Balaban J connectivity index is 2.46. The van der Waals surface area contributed by atoms with Gasteiger partial charge < -0.3 is 4.90 Å². The van der Waals surface area contributed by atoms with Crippen molar-refractivity contribution in [3.8, 4) is 6.07 Å². The summed E-state index contributed by atoms with van der Waals surface area (Å²) in [6.07, 6.45) is 1.25. The molecule has 1 aromatic carbocycles. The maximum atomic E-state index is 8.93. The standard InChI is InChI=1S/C11H12N2/c1-9-4-2-5-10(8-12)11(9)13-6-3-7-13/h2,4-5H,3,6-7H2,1H3. The van der Waals surface area contributed by atoms with Crippen LogP contribution in [0.1, 0.15) is 17.5 Å². The average Bonchev–Trinajstić information content (AvgIpc) is 2.05. The van der Waals surface area contributed by atoms with E-state index in [9.17, 15) is 0 Å². The van der Waals surface area contributed by atoms with Crippen molar-refractivity contribution in [2.45, 2.75) is 13.3 Å². The van der Waals surface area contributed by atoms with Gasteiger partial charge in [0.25, 0.3) is 0 Å². The highest BCUT2D eigenvalue weighted by Crippen LogP contribution is 2.28. The first-order chi connectivity index (χ1) is 6.33. The molecule has 0 amide bonds. The average molecular weight is 172 g/mol. The summed E-state index contributed by atoms with van der Waals surface area (Å²) in [7, 11) is 0. The monoisotopic (exact) mass is 172 g/mol. The molecular formula is C11H12N2. The molecule has 2 rings (SSSR count). The summed E-state index contributed by atoms with van der Waals surface area (Å²) in [5, 5.41) is 8.93. The Hall–Kier alpha value is -1.49. The van der Waals surface area contributed by atoms with Gasteiger partial charge in [0.1, 0.15) is 6.07 Å². The van der Waals surface area contributed by atoms with Crippen LogP contribution in [0.4, 0.5) is 5.69 Å². The number of hydrogen-bond acceptors (Lipinski definition) is 2. The SMILES string of the molecule is Cc1cccc(C#N)c1N1CCC1. The lowest BCUT2D eigenvalue weighted by atomic mass is 10.0. The second-order valence-corrected chi connectivity index (χ2v) is 3.42. The maximum Gasteiger partial charge on any atom is 0.101 e. The summed E-state index contributed by atoms with van der Waals surface area (Å²) >= 11 is 0. The van der Waals surface area contributed by atoms with Crippen molar-refractivity contribution in [1.29, 1.82) is 5.26 Å². The second kappa shape index (κ2) is 3.10. The number of nitriles is 1. The van der Waals surface area contributed by atoms with Gasteiger partial charge in [-0.3, -0.25) is 0 Å². The fourth-order valence-corrected chi connectivity index (χ4v) is 1.71. The Bertz CT molecular complexity index is 359. The van der Waals surface area contributed by atoms with Crippen LogP contribution in [0, 0.1) is 18.3 Å². The van der Waals surface area contributed by atoms with E-state index in [1.807, 2.05) is 12.1 Å². The molecule has 0 aromatic heterocycles. The highest BCUT2D eigenvalue weighted by atomic mass is 15.2. The number of para-hydroxylation sites is 1. The molecule has 1 heterocycles. The van der Waals surface area contributed by atoms with E-state index in [2.05, 4.69) is 24.0 Å². The normalized spacial score (nSPS) is 14.9. The van der Waals surface area contributed by atoms with Crippen molar-refractivity contribution in [2.75, 3.05) is 18.0 Å². The third kappa shape index (κ3) is 1.27. The molecule has 1 aromatic rings.